The number of aromatic nitrogens is 1. The number of likely N-dealkylation sites (tertiary alicyclic amines) is 1. The van der Waals surface area contributed by atoms with Gasteiger partial charge in [-0.15, -0.1) is 0 Å². The zero-order valence-electron chi connectivity index (χ0n) is 14.2. The molecule has 1 aliphatic carbocycles. The Kier molecular flexibility index (Phi) is 4.81. The third-order valence-corrected chi connectivity index (χ3v) is 5.94. The van der Waals surface area contributed by atoms with Gasteiger partial charge in [0.1, 0.15) is 0 Å². The van der Waals surface area contributed by atoms with Crippen LogP contribution in [0.25, 0.3) is 0 Å². The van der Waals surface area contributed by atoms with Crippen molar-refractivity contribution in [1.29, 1.82) is 0 Å². The zero-order valence-corrected chi connectivity index (χ0v) is 14.2. The van der Waals surface area contributed by atoms with Crippen LogP contribution in [-0.4, -0.2) is 48.1 Å². The van der Waals surface area contributed by atoms with Gasteiger partial charge in [-0.3, -0.25) is 14.7 Å². The quantitative estimate of drug-likeness (QED) is 0.895. The van der Waals surface area contributed by atoms with Crippen molar-refractivity contribution >= 4 is 5.91 Å². The second kappa shape index (κ2) is 7.19. The third-order valence-electron chi connectivity index (χ3n) is 5.94. The fourth-order valence-corrected chi connectivity index (χ4v) is 4.35. The van der Waals surface area contributed by atoms with E-state index >= 15 is 0 Å². The van der Waals surface area contributed by atoms with E-state index < -0.39 is 0 Å². The maximum absolute atomic E-state index is 12.8. The van der Waals surface area contributed by atoms with Gasteiger partial charge in [0.25, 0.3) is 0 Å². The summed E-state index contributed by atoms with van der Waals surface area (Å²) in [7, 11) is 0. The van der Waals surface area contributed by atoms with E-state index in [1.54, 1.807) is 6.20 Å². The van der Waals surface area contributed by atoms with Crippen LogP contribution in [-0.2, 0) is 16.1 Å². The van der Waals surface area contributed by atoms with E-state index in [9.17, 15) is 4.79 Å². The summed E-state index contributed by atoms with van der Waals surface area (Å²) in [6.45, 7) is 4.40. The Hall–Kier alpha value is -1.46. The topological polar surface area (TPSA) is 54.5 Å². The van der Waals surface area contributed by atoms with Crippen molar-refractivity contribution in [3.63, 3.8) is 0 Å². The summed E-state index contributed by atoms with van der Waals surface area (Å²) in [4.78, 5) is 19.4. The van der Waals surface area contributed by atoms with Gasteiger partial charge in [-0.05, 0) is 36.8 Å². The Morgan fingerprint density at radius 2 is 2.25 bits per heavy atom. The van der Waals surface area contributed by atoms with E-state index in [1.165, 1.54) is 19.3 Å². The summed E-state index contributed by atoms with van der Waals surface area (Å²) in [6.07, 6.45) is 8.90. The highest BCUT2D eigenvalue weighted by atomic mass is 16.5. The Labute approximate surface area is 143 Å². The van der Waals surface area contributed by atoms with Crippen molar-refractivity contribution < 1.29 is 9.53 Å². The van der Waals surface area contributed by atoms with Crippen LogP contribution in [0.1, 0.15) is 31.2 Å². The van der Waals surface area contributed by atoms with Gasteiger partial charge in [0.05, 0.1) is 12.0 Å². The van der Waals surface area contributed by atoms with E-state index in [0.717, 1.165) is 44.1 Å². The molecule has 0 aromatic carbocycles. The van der Waals surface area contributed by atoms with Crippen LogP contribution in [0.3, 0.4) is 0 Å². The number of ether oxygens (including phenoxy) is 1. The highest BCUT2D eigenvalue weighted by Gasteiger charge is 2.44. The molecular weight excluding hydrogens is 302 g/mol. The first kappa shape index (κ1) is 16.0. The fraction of sp³-hybridized carbons (Fsp3) is 0.684. The lowest BCUT2D eigenvalue weighted by Crippen LogP contribution is -2.53. The second-order valence-electron chi connectivity index (χ2n) is 7.56. The second-order valence-corrected chi connectivity index (χ2v) is 7.56. The molecule has 3 atom stereocenters. The number of amides is 1. The number of piperidine rings is 1. The molecule has 0 spiro atoms. The van der Waals surface area contributed by atoms with Crippen molar-refractivity contribution in [1.82, 2.24) is 15.2 Å². The highest BCUT2D eigenvalue weighted by Crippen LogP contribution is 2.36. The van der Waals surface area contributed by atoms with Gasteiger partial charge in [0.2, 0.25) is 5.91 Å². The van der Waals surface area contributed by atoms with E-state index in [-0.39, 0.29) is 17.9 Å². The third kappa shape index (κ3) is 3.47. The fourth-order valence-electron chi connectivity index (χ4n) is 4.35. The summed E-state index contributed by atoms with van der Waals surface area (Å²) in [5.74, 6) is 1.46. The average Bonchev–Trinajstić information content (AvgIpc) is 3.04. The molecule has 0 unspecified atom stereocenters. The Bertz CT molecular complexity index is 561. The van der Waals surface area contributed by atoms with Crippen molar-refractivity contribution in [3.05, 3.63) is 30.1 Å². The van der Waals surface area contributed by atoms with Gasteiger partial charge >= 0.3 is 0 Å². The van der Waals surface area contributed by atoms with Gasteiger partial charge in [-0.25, -0.2) is 0 Å². The largest absolute Gasteiger partial charge is 0.377 e. The molecule has 2 aliphatic heterocycles. The van der Waals surface area contributed by atoms with Gasteiger partial charge in [-0.2, -0.15) is 0 Å². The molecule has 5 nitrogen and oxygen atoms in total. The SMILES string of the molecule is O=C(NCc1cccnc1)[C@@H]1CN(CC2CCC2)C[C@@H]2OCC[C@@H]21. The van der Waals surface area contributed by atoms with E-state index in [4.69, 9.17) is 4.74 Å². The van der Waals surface area contributed by atoms with Crippen molar-refractivity contribution in [2.24, 2.45) is 17.8 Å². The predicted octanol–water partition coefficient (Wildman–Crippen LogP) is 1.83. The molecule has 3 heterocycles. The van der Waals surface area contributed by atoms with Gasteiger partial charge in [0.15, 0.2) is 0 Å². The van der Waals surface area contributed by atoms with Crippen LogP contribution in [0.5, 0.6) is 0 Å². The van der Waals surface area contributed by atoms with E-state index in [2.05, 4.69) is 15.2 Å². The van der Waals surface area contributed by atoms with Crippen molar-refractivity contribution in [2.75, 3.05) is 26.2 Å². The standard InChI is InChI=1S/C19H27N3O2/c23-19(21-10-15-5-2-7-20-9-15)17-12-22(11-14-3-1-4-14)13-18-16(17)6-8-24-18/h2,5,7,9,14,16-18H,1,3-4,6,8,10-13H2,(H,21,23)/t16-,17-,18+/m1/s1. The number of carbonyl (C=O) groups excluding carboxylic acids is 1. The predicted molar refractivity (Wildman–Crippen MR) is 91.2 cm³/mol. The summed E-state index contributed by atoms with van der Waals surface area (Å²) in [6, 6.07) is 3.90. The lowest BCUT2D eigenvalue weighted by atomic mass is 9.80. The Morgan fingerprint density at radius 1 is 1.33 bits per heavy atom. The Morgan fingerprint density at radius 3 is 3.00 bits per heavy atom. The van der Waals surface area contributed by atoms with Gasteiger partial charge < -0.3 is 10.1 Å². The summed E-state index contributed by atoms with van der Waals surface area (Å²) in [5.41, 5.74) is 1.05. The molecule has 24 heavy (non-hydrogen) atoms. The van der Waals surface area contributed by atoms with Crippen LogP contribution in [0.15, 0.2) is 24.5 Å². The van der Waals surface area contributed by atoms with Gasteiger partial charge in [-0.1, -0.05) is 12.5 Å². The van der Waals surface area contributed by atoms with E-state index in [0.29, 0.717) is 12.5 Å². The molecular formula is C19H27N3O2. The highest BCUT2D eigenvalue weighted by molar-refractivity contribution is 5.79. The summed E-state index contributed by atoms with van der Waals surface area (Å²) < 4.78 is 5.93. The molecule has 3 aliphatic rings. The van der Waals surface area contributed by atoms with Crippen LogP contribution in [0.4, 0.5) is 0 Å². The maximum atomic E-state index is 12.8. The maximum Gasteiger partial charge on any atom is 0.225 e. The number of pyridine rings is 1. The zero-order chi connectivity index (χ0) is 16.4. The molecule has 1 amide bonds. The lowest BCUT2D eigenvalue weighted by molar-refractivity contribution is -0.131. The molecule has 0 bridgehead atoms. The van der Waals surface area contributed by atoms with Crippen LogP contribution >= 0.6 is 0 Å². The minimum Gasteiger partial charge on any atom is -0.377 e. The minimum atomic E-state index is 0.0583. The molecule has 130 valence electrons. The first-order chi connectivity index (χ1) is 11.8. The number of hydrogen-bond acceptors (Lipinski definition) is 4. The number of nitrogens with one attached hydrogen (secondary N) is 1. The molecule has 1 saturated carbocycles. The summed E-state index contributed by atoms with van der Waals surface area (Å²) in [5, 5.41) is 3.12. The van der Waals surface area contributed by atoms with Crippen molar-refractivity contribution in [2.45, 2.75) is 38.3 Å². The number of hydrogen-bond donors (Lipinski definition) is 1. The van der Waals surface area contributed by atoms with Crippen LogP contribution < -0.4 is 5.32 Å². The molecule has 2 saturated heterocycles. The van der Waals surface area contributed by atoms with E-state index in [1.807, 2.05) is 18.3 Å². The lowest BCUT2D eigenvalue weighted by Gasteiger charge is -2.42. The monoisotopic (exact) mass is 329 g/mol. The molecule has 0 radical (unpaired) electrons. The molecule has 1 aromatic heterocycles. The average molecular weight is 329 g/mol. The molecule has 1 N–H and O–H groups in total. The van der Waals surface area contributed by atoms with Crippen LogP contribution in [0, 0.1) is 17.8 Å². The molecule has 1 aromatic rings. The first-order valence-electron chi connectivity index (χ1n) is 9.30. The first-order valence-corrected chi connectivity index (χ1v) is 9.30. The number of carbonyl (C=O) groups is 1. The van der Waals surface area contributed by atoms with Gasteiger partial charge in [0, 0.05) is 51.1 Å². The number of rotatable bonds is 5. The Balaban J connectivity index is 1.37. The minimum absolute atomic E-state index is 0.0583. The number of nitrogens with zero attached hydrogens (tertiary/aromatic N) is 2. The van der Waals surface area contributed by atoms with Crippen LogP contribution in [0.2, 0.25) is 0 Å². The number of fused-ring (bicyclic) bond motifs is 1. The smallest absolute Gasteiger partial charge is 0.225 e. The molecule has 5 heteroatoms. The molecule has 3 fully saturated rings. The normalized spacial score (nSPS) is 30.6. The molecule has 4 rings (SSSR count). The summed E-state index contributed by atoms with van der Waals surface area (Å²) >= 11 is 0. The van der Waals surface area contributed by atoms with Crippen molar-refractivity contribution in [3.8, 4) is 0 Å².